The summed E-state index contributed by atoms with van der Waals surface area (Å²) in [6, 6.07) is 6.17. The third-order valence-electron chi connectivity index (χ3n) is 5.81. The molecule has 2 fully saturated rings. The first-order chi connectivity index (χ1) is 15.2. The molecule has 1 saturated heterocycles. The number of alkyl halides is 2. The number of amides is 2. The summed E-state index contributed by atoms with van der Waals surface area (Å²) in [5.74, 6) is -1.09. The molecule has 1 aliphatic heterocycles. The van der Waals surface area contributed by atoms with E-state index in [0.717, 1.165) is 13.0 Å². The van der Waals surface area contributed by atoms with E-state index in [-0.39, 0.29) is 30.2 Å². The van der Waals surface area contributed by atoms with Crippen LogP contribution in [-0.2, 0) is 14.3 Å². The van der Waals surface area contributed by atoms with Crippen molar-refractivity contribution in [1.82, 2.24) is 10.2 Å². The van der Waals surface area contributed by atoms with Gasteiger partial charge in [0.1, 0.15) is 10.0 Å². The quantitative estimate of drug-likeness (QED) is 0.170. The Bertz CT molecular complexity index is 853. The molecular formula is C21H29Cl2N5O4. The van der Waals surface area contributed by atoms with E-state index < -0.39 is 16.3 Å². The van der Waals surface area contributed by atoms with Crippen molar-refractivity contribution in [3.8, 4) is 0 Å². The van der Waals surface area contributed by atoms with Crippen LogP contribution in [0.1, 0.15) is 24.8 Å². The highest BCUT2D eigenvalue weighted by molar-refractivity contribution is 6.51. The fourth-order valence-corrected chi connectivity index (χ4v) is 4.57. The van der Waals surface area contributed by atoms with E-state index >= 15 is 0 Å². The summed E-state index contributed by atoms with van der Waals surface area (Å²) in [6.45, 7) is 1.65. The van der Waals surface area contributed by atoms with Gasteiger partial charge in [0, 0.05) is 30.3 Å². The highest BCUT2D eigenvalue weighted by atomic mass is 35.5. The molecule has 1 aliphatic carbocycles. The third-order valence-corrected chi connectivity index (χ3v) is 6.68. The lowest BCUT2D eigenvalue weighted by molar-refractivity contribution is -0.128. The van der Waals surface area contributed by atoms with Crippen molar-refractivity contribution in [2.24, 2.45) is 11.7 Å². The number of hydrogen-bond acceptors (Lipinski definition) is 7. The highest BCUT2D eigenvalue weighted by Gasteiger charge is 2.56. The van der Waals surface area contributed by atoms with Crippen LogP contribution in [0.15, 0.2) is 24.3 Å². The van der Waals surface area contributed by atoms with Crippen LogP contribution in [0.5, 0.6) is 0 Å². The summed E-state index contributed by atoms with van der Waals surface area (Å²) in [5.41, 5.74) is 6.02. The molecule has 0 aromatic heterocycles. The minimum atomic E-state index is -0.874. The Kier molecular flexibility index (Phi) is 8.35. The molecule has 2 unspecified atom stereocenters. The van der Waals surface area contributed by atoms with Crippen molar-refractivity contribution in [2.75, 3.05) is 38.4 Å². The molecule has 0 bridgehead atoms. The molecule has 0 spiro atoms. The summed E-state index contributed by atoms with van der Waals surface area (Å²) in [6.07, 6.45) is 2.14. The molecule has 1 aromatic carbocycles. The zero-order valence-corrected chi connectivity index (χ0v) is 19.2. The van der Waals surface area contributed by atoms with Crippen LogP contribution in [0, 0.1) is 11.3 Å². The molecule has 3 atom stereocenters. The van der Waals surface area contributed by atoms with E-state index in [1.54, 1.807) is 24.3 Å². The highest BCUT2D eigenvalue weighted by Crippen LogP contribution is 2.54. The molecule has 9 nitrogen and oxygen atoms in total. The number of ether oxygens (including phenoxy) is 1. The van der Waals surface area contributed by atoms with Gasteiger partial charge in [-0.15, -0.1) is 23.2 Å². The minimum Gasteiger partial charge on any atom is -0.394 e. The zero-order chi connectivity index (χ0) is 23.3. The van der Waals surface area contributed by atoms with Gasteiger partial charge in [-0.25, -0.2) is 0 Å². The molecule has 1 saturated carbocycles. The number of nitrogens with zero attached hydrogens (tertiary/aromatic N) is 1. The van der Waals surface area contributed by atoms with Crippen molar-refractivity contribution < 1.29 is 19.4 Å². The first-order valence-corrected chi connectivity index (χ1v) is 11.3. The van der Waals surface area contributed by atoms with Gasteiger partial charge in [0.15, 0.2) is 0 Å². The average molecular weight is 486 g/mol. The van der Waals surface area contributed by atoms with Crippen LogP contribution in [-0.4, -0.2) is 77.0 Å². The van der Waals surface area contributed by atoms with Crippen molar-refractivity contribution in [2.45, 2.75) is 35.7 Å². The predicted molar refractivity (Wildman–Crippen MR) is 123 cm³/mol. The van der Waals surface area contributed by atoms with Crippen molar-refractivity contribution in [3.05, 3.63) is 29.8 Å². The van der Waals surface area contributed by atoms with Crippen LogP contribution in [0.25, 0.3) is 0 Å². The smallest absolute Gasteiger partial charge is 0.267 e. The largest absolute Gasteiger partial charge is 0.394 e. The monoisotopic (exact) mass is 485 g/mol. The standard InChI is InChI=1S/C21H29Cl2N5O4/c22-21(23)10-14(21)16(11-29)27-20(31)17-6-3-8-28(17)12-32-9-7-26-15-5-2-1-4-13(15)18(24)19(25)30/h1-2,4-5,14,16-17,24,26,29H,3,6-12H2,(H2,25,30)(H,27,31)/t14?,16?,17-/m0/s1. The molecular weight excluding hydrogens is 457 g/mol. The molecule has 1 heterocycles. The molecule has 11 heteroatoms. The van der Waals surface area contributed by atoms with Crippen LogP contribution in [0.2, 0.25) is 0 Å². The number of hydrogen-bond donors (Lipinski definition) is 5. The fourth-order valence-electron chi connectivity index (χ4n) is 3.93. The Morgan fingerprint density at radius 2 is 2.09 bits per heavy atom. The van der Waals surface area contributed by atoms with Gasteiger partial charge in [-0.05, 0) is 25.3 Å². The van der Waals surface area contributed by atoms with E-state index in [9.17, 15) is 14.7 Å². The van der Waals surface area contributed by atoms with Gasteiger partial charge in [-0.2, -0.15) is 0 Å². The molecule has 32 heavy (non-hydrogen) atoms. The lowest BCUT2D eigenvalue weighted by Gasteiger charge is -2.26. The number of para-hydroxylation sites is 1. The number of benzene rings is 1. The molecule has 0 radical (unpaired) electrons. The van der Waals surface area contributed by atoms with Gasteiger partial charge in [0.2, 0.25) is 5.91 Å². The van der Waals surface area contributed by atoms with Gasteiger partial charge >= 0.3 is 0 Å². The van der Waals surface area contributed by atoms with Gasteiger partial charge < -0.3 is 26.2 Å². The van der Waals surface area contributed by atoms with Crippen molar-refractivity contribution in [3.63, 3.8) is 0 Å². The normalized spacial score (nSPS) is 22.8. The van der Waals surface area contributed by atoms with Crippen LogP contribution in [0.3, 0.4) is 0 Å². The lowest BCUT2D eigenvalue weighted by Crippen LogP contribution is -2.49. The number of nitrogens with one attached hydrogen (secondary N) is 3. The van der Waals surface area contributed by atoms with E-state index in [1.807, 2.05) is 4.90 Å². The Hall–Kier alpha value is -1.91. The Morgan fingerprint density at radius 3 is 2.75 bits per heavy atom. The maximum atomic E-state index is 12.7. The molecule has 6 N–H and O–H groups in total. The molecule has 2 amide bonds. The first kappa shape index (κ1) is 24.7. The maximum Gasteiger partial charge on any atom is 0.267 e. The number of aliphatic hydroxyl groups excluding tert-OH is 1. The second-order valence-corrected chi connectivity index (χ2v) is 9.63. The second-order valence-electron chi connectivity index (χ2n) is 8.09. The van der Waals surface area contributed by atoms with Gasteiger partial charge in [0.25, 0.3) is 5.91 Å². The zero-order valence-electron chi connectivity index (χ0n) is 17.7. The number of likely N-dealkylation sites (tertiary alicyclic amines) is 1. The summed E-state index contributed by atoms with van der Waals surface area (Å²) >= 11 is 12.1. The number of nitrogens with two attached hydrogens (primary N) is 1. The predicted octanol–water partition coefficient (Wildman–Crippen LogP) is 1.06. The van der Waals surface area contributed by atoms with Crippen molar-refractivity contribution >= 4 is 46.4 Å². The third kappa shape index (κ3) is 6.11. The number of halogens is 2. The van der Waals surface area contributed by atoms with E-state index in [0.29, 0.717) is 44.0 Å². The van der Waals surface area contributed by atoms with Crippen LogP contribution >= 0.6 is 23.2 Å². The number of carbonyl (C=O) groups is 2. The number of carbonyl (C=O) groups excluding carboxylic acids is 2. The SMILES string of the molecule is N=C(C(N)=O)c1ccccc1NCCOCN1CCC[C@H]1C(=O)NC(CO)C1CC1(Cl)Cl. The fraction of sp³-hybridized carbons (Fsp3) is 0.571. The van der Waals surface area contributed by atoms with E-state index in [4.69, 9.17) is 39.1 Å². The Balaban J connectivity index is 1.43. The maximum absolute atomic E-state index is 12.7. The van der Waals surface area contributed by atoms with Crippen LogP contribution in [0.4, 0.5) is 5.69 Å². The molecule has 3 rings (SSSR count). The van der Waals surface area contributed by atoms with Crippen LogP contribution < -0.4 is 16.4 Å². The molecule has 2 aliphatic rings. The number of aliphatic hydroxyl groups is 1. The van der Waals surface area contributed by atoms with Gasteiger partial charge in [-0.1, -0.05) is 18.2 Å². The van der Waals surface area contributed by atoms with Gasteiger partial charge in [-0.3, -0.25) is 19.9 Å². The number of primary amides is 1. The topological polar surface area (TPSA) is 141 Å². The van der Waals surface area contributed by atoms with E-state index in [1.165, 1.54) is 0 Å². The molecule has 176 valence electrons. The summed E-state index contributed by atoms with van der Waals surface area (Å²) in [5, 5.41) is 23.4. The van der Waals surface area contributed by atoms with Crippen molar-refractivity contribution in [1.29, 1.82) is 5.41 Å². The molecule has 1 aromatic rings. The van der Waals surface area contributed by atoms with Gasteiger partial charge in [0.05, 0.1) is 32.0 Å². The summed E-state index contributed by atoms with van der Waals surface area (Å²) < 4.78 is 4.86. The second kappa shape index (κ2) is 10.8. The first-order valence-electron chi connectivity index (χ1n) is 10.6. The summed E-state index contributed by atoms with van der Waals surface area (Å²) in [4.78, 5) is 26.0. The number of anilines is 1. The summed E-state index contributed by atoms with van der Waals surface area (Å²) in [7, 11) is 0. The van der Waals surface area contributed by atoms with E-state index in [2.05, 4.69) is 10.6 Å². The Labute approximate surface area is 197 Å². The average Bonchev–Trinajstić information content (AvgIpc) is 3.17. The Morgan fingerprint density at radius 1 is 1.38 bits per heavy atom. The number of rotatable bonds is 12. The minimum absolute atomic E-state index is 0.143. The lowest BCUT2D eigenvalue weighted by atomic mass is 10.1.